The van der Waals surface area contributed by atoms with E-state index in [0.29, 0.717) is 62.0 Å². The number of aliphatic imine (C=N–C) groups is 1. The zero-order chi connectivity index (χ0) is 30.7. The van der Waals surface area contributed by atoms with Gasteiger partial charge in [-0.2, -0.15) is 0 Å². The Labute approximate surface area is 251 Å². The quantitative estimate of drug-likeness (QED) is 0.0552. The van der Waals surface area contributed by atoms with Crippen molar-refractivity contribution in [2.24, 2.45) is 4.99 Å². The van der Waals surface area contributed by atoms with E-state index in [4.69, 9.17) is 23.7 Å². The van der Waals surface area contributed by atoms with Crippen molar-refractivity contribution in [3.8, 4) is 17.2 Å². The van der Waals surface area contributed by atoms with Crippen LogP contribution in [0, 0.1) is 0 Å². The van der Waals surface area contributed by atoms with Crippen LogP contribution in [0.5, 0.6) is 17.2 Å². The van der Waals surface area contributed by atoms with Gasteiger partial charge in [-0.25, -0.2) is 14.4 Å². The summed E-state index contributed by atoms with van der Waals surface area (Å²) in [4.78, 5) is 39.0. The highest BCUT2D eigenvalue weighted by atomic mass is 16.5. The van der Waals surface area contributed by atoms with Crippen LogP contribution < -0.4 is 14.2 Å². The molecule has 43 heavy (non-hydrogen) atoms. The van der Waals surface area contributed by atoms with E-state index in [0.717, 1.165) is 36.3 Å². The number of hydrogen-bond donors (Lipinski definition) is 0. The molecule has 0 aliphatic carbocycles. The van der Waals surface area contributed by atoms with Crippen molar-refractivity contribution < 1.29 is 38.1 Å². The molecule has 0 heterocycles. The molecule has 0 saturated carbocycles. The molecule has 0 aromatic heterocycles. The number of carbonyl (C=O) groups excluding carboxylic acids is 3. The van der Waals surface area contributed by atoms with Gasteiger partial charge in [0.05, 0.1) is 37.7 Å². The lowest BCUT2D eigenvalue weighted by Gasteiger charge is -2.08. The Kier molecular flexibility index (Phi) is 13.8. The van der Waals surface area contributed by atoms with Crippen LogP contribution in [0.4, 0.5) is 5.69 Å². The second-order valence-electron chi connectivity index (χ2n) is 9.09. The third-order valence-electron chi connectivity index (χ3n) is 5.82. The first kappa shape index (κ1) is 32.3. The molecule has 3 rings (SSSR count). The number of hydrogen-bond acceptors (Lipinski definition) is 9. The Hall–Kier alpha value is -5.18. The number of nitrogens with zero attached hydrogens (tertiary/aromatic N) is 1. The van der Waals surface area contributed by atoms with Gasteiger partial charge < -0.3 is 23.7 Å². The van der Waals surface area contributed by atoms with E-state index in [1.165, 1.54) is 0 Å². The van der Waals surface area contributed by atoms with Crippen LogP contribution in [-0.4, -0.2) is 50.6 Å². The first-order chi connectivity index (χ1) is 21.0. The van der Waals surface area contributed by atoms with Crippen LogP contribution in [0.1, 0.15) is 41.6 Å². The minimum absolute atomic E-state index is 0.318. The van der Waals surface area contributed by atoms with Crippen LogP contribution in [-0.2, 0) is 19.1 Å². The Morgan fingerprint density at radius 1 is 0.605 bits per heavy atom. The van der Waals surface area contributed by atoms with Crippen LogP contribution in [0.15, 0.2) is 103 Å². The summed E-state index contributed by atoms with van der Waals surface area (Å²) in [5.74, 6) is 0.443. The SMILES string of the molecule is C=CC(=O)OCCCCOc1ccc(C=Nc2ccc(OC(=O)c3ccc(OCCCCOC(=O)C=C)cc3)cc2)cc1. The van der Waals surface area contributed by atoms with Gasteiger partial charge in [0.15, 0.2) is 0 Å². The van der Waals surface area contributed by atoms with Gasteiger partial charge in [-0.3, -0.25) is 4.99 Å². The largest absolute Gasteiger partial charge is 0.494 e. The van der Waals surface area contributed by atoms with Gasteiger partial charge in [0.25, 0.3) is 0 Å². The smallest absolute Gasteiger partial charge is 0.343 e. The lowest BCUT2D eigenvalue weighted by atomic mass is 10.2. The molecule has 0 atom stereocenters. The van der Waals surface area contributed by atoms with Gasteiger partial charge in [-0.1, -0.05) is 13.2 Å². The Balaban J connectivity index is 1.37. The summed E-state index contributed by atoms with van der Waals surface area (Å²) in [6.45, 7) is 8.35. The molecule has 224 valence electrons. The minimum Gasteiger partial charge on any atom is -0.494 e. The van der Waals surface area contributed by atoms with Gasteiger partial charge in [0.2, 0.25) is 0 Å². The van der Waals surface area contributed by atoms with E-state index in [9.17, 15) is 14.4 Å². The maximum Gasteiger partial charge on any atom is 0.343 e. The third kappa shape index (κ3) is 12.5. The lowest BCUT2D eigenvalue weighted by molar-refractivity contribution is -0.138. The number of rotatable bonds is 18. The third-order valence-corrected chi connectivity index (χ3v) is 5.82. The first-order valence-corrected chi connectivity index (χ1v) is 13.9. The van der Waals surface area contributed by atoms with Gasteiger partial charge in [-0.15, -0.1) is 0 Å². The topological polar surface area (TPSA) is 110 Å². The monoisotopic (exact) mass is 585 g/mol. The van der Waals surface area contributed by atoms with Crippen LogP contribution >= 0.6 is 0 Å². The lowest BCUT2D eigenvalue weighted by Crippen LogP contribution is -2.08. The standard InChI is InChI=1S/C34H35NO8/c1-3-32(36)41-23-7-5-21-39-29-15-9-26(10-16-29)25-35-28-13-19-31(20-14-28)43-34(38)27-11-17-30(18-12-27)40-22-6-8-24-42-33(37)4-2/h3-4,9-20,25H,1-2,5-8,21-24H2. The highest BCUT2D eigenvalue weighted by Gasteiger charge is 2.09. The predicted octanol–water partition coefficient (Wildman–Crippen LogP) is 6.43. The molecule has 0 radical (unpaired) electrons. The summed E-state index contributed by atoms with van der Waals surface area (Å²) in [5.41, 5.74) is 2.01. The van der Waals surface area contributed by atoms with Crippen molar-refractivity contribution in [2.45, 2.75) is 25.7 Å². The molecule has 0 amide bonds. The maximum atomic E-state index is 12.5. The number of ether oxygens (including phenoxy) is 5. The maximum absolute atomic E-state index is 12.5. The van der Waals surface area contributed by atoms with Crippen LogP contribution in [0.3, 0.4) is 0 Å². The zero-order valence-corrected chi connectivity index (χ0v) is 23.9. The van der Waals surface area contributed by atoms with Gasteiger partial charge >= 0.3 is 17.9 Å². The first-order valence-electron chi connectivity index (χ1n) is 13.9. The summed E-state index contributed by atoms with van der Waals surface area (Å²) < 4.78 is 26.7. The van der Waals surface area contributed by atoms with Gasteiger partial charge in [0, 0.05) is 18.4 Å². The average Bonchev–Trinajstić information content (AvgIpc) is 3.04. The number of unbranched alkanes of at least 4 members (excludes halogenated alkanes) is 2. The Morgan fingerprint density at radius 3 is 1.58 bits per heavy atom. The van der Waals surface area contributed by atoms with E-state index < -0.39 is 17.9 Å². The second-order valence-corrected chi connectivity index (χ2v) is 9.09. The molecule has 0 saturated heterocycles. The fourth-order valence-corrected chi connectivity index (χ4v) is 3.50. The molecule has 3 aromatic carbocycles. The normalized spacial score (nSPS) is 10.5. The fourth-order valence-electron chi connectivity index (χ4n) is 3.50. The molecule has 0 aliphatic heterocycles. The second kappa shape index (κ2) is 18.3. The Morgan fingerprint density at radius 2 is 1.07 bits per heavy atom. The fraction of sp³-hybridized carbons (Fsp3) is 0.235. The van der Waals surface area contributed by atoms with E-state index in [1.807, 2.05) is 24.3 Å². The molecular formula is C34H35NO8. The number of carbonyl (C=O) groups is 3. The van der Waals surface area contributed by atoms with E-state index in [2.05, 4.69) is 18.2 Å². The Bertz CT molecular complexity index is 1360. The molecular weight excluding hydrogens is 550 g/mol. The van der Waals surface area contributed by atoms with Crippen molar-refractivity contribution in [1.82, 2.24) is 0 Å². The van der Waals surface area contributed by atoms with Crippen molar-refractivity contribution in [1.29, 1.82) is 0 Å². The van der Waals surface area contributed by atoms with Crippen molar-refractivity contribution in [2.75, 3.05) is 26.4 Å². The molecule has 9 heteroatoms. The molecule has 3 aromatic rings. The summed E-state index contributed by atoms with van der Waals surface area (Å²) in [6, 6.07) is 21.1. The molecule has 0 aliphatic rings. The molecule has 0 fully saturated rings. The summed E-state index contributed by atoms with van der Waals surface area (Å²) >= 11 is 0. The zero-order valence-electron chi connectivity index (χ0n) is 23.9. The van der Waals surface area contributed by atoms with Crippen molar-refractivity contribution in [3.63, 3.8) is 0 Å². The molecule has 0 bridgehead atoms. The minimum atomic E-state index is -0.481. The van der Waals surface area contributed by atoms with E-state index >= 15 is 0 Å². The van der Waals surface area contributed by atoms with E-state index in [1.54, 1.807) is 54.7 Å². The van der Waals surface area contributed by atoms with Gasteiger partial charge in [-0.05, 0) is 104 Å². The van der Waals surface area contributed by atoms with E-state index in [-0.39, 0.29) is 0 Å². The highest BCUT2D eigenvalue weighted by molar-refractivity contribution is 5.91. The highest BCUT2D eigenvalue weighted by Crippen LogP contribution is 2.21. The summed E-state index contributed by atoms with van der Waals surface area (Å²) in [5, 5.41) is 0. The predicted molar refractivity (Wildman–Crippen MR) is 163 cm³/mol. The number of esters is 3. The average molecular weight is 586 g/mol. The molecule has 0 N–H and O–H groups in total. The van der Waals surface area contributed by atoms with Crippen LogP contribution in [0.2, 0.25) is 0 Å². The number of benzene rings is 3. The molecule has 0 spiro atoms. The molecule has 0 unspecified atom stereocenters. The van der Waals surface area contributed by atoms with Crippen LogP contribution in [0.25, 0.3) is 0 Å². The van der Waals surface area contributed by atoms with Crippen molar-refractivity contribution >= 4 is 29.8 Å². The summed E-state index contributed by atoms with van der Waals surface area (Å²) in [6.07, 6.45) is 6.89. The molecule has 9 nitrogen and oxygen atoms in total. The van der Waals surface area contributed by atoms with Gasteiger partial charge in [0.1, 0.15) is 17.2 Å². The summed E-state index contributed by atoms with van der Waals surface area (Å²) in [7, 11) is 0. The van der Waals surface area contributed by atoms with Crippen molar-refractivity contribution in [3.05, 3.63) is 109 Å².